The van der Waals surface area contributed by atoms with E-state index in [0.717, 1.165) is 6.42 Å². The zero-order chi connectivity index (χ0) is 18.3. The van der Waals surface area contributed by atoms with Crippen molar-refractivity contribution >= 4 is 18.0 Å². The molecule has 0 bridgehead atoms. The highest BCUT2D eigenvalue weighted by Crippen LogP contribution is 2.20. The third-order valence-electron chi connectivity index (χ3n) is 3.61. The lowest BCUT2D eigenvalue weighted by Crippen LogP contribution is -2.52. The van der Waals surface area contributed by atoms with Crippen LogP contribution in [0.2, 0.25) is 0 Å². The maximum atomic E-state index is 12.8. The maximum Gasteiger partial charge on any atom is 0.408 e. The highest BCUT2D eigenvalue weighted by molar-refractivity contribution is 5.90. The molecule has 138 valence electrons. The molecule has 1 saturated heterocycles. The second-order valence-electron chi connectivity index (χ2n) is 6.69. The van der Waals surface area contributed by atoms with Gasteiger partial charge in [0.2, 0.25) is 5.91 Å². The number of likely N-dealkylation sites (tertiary alicyclic amines) is 1. The summed E-state index contributed by atoms with van der Waals surface area (Å²) >= 11 is 0. The average Bonchev–Trinajstić information content (AvgIpc) is 2.97. The van der Waals surface area contributed by atoms with E-state index in [2.05, 4.69) is 5.32 Å². The number of amides is 2. The van der Waals surface area contributed by atoms with Gasteiger partial charge in [0, 0.05) is 26.7 Å². The van der Waals surface area contributed by atoms with Gasteiger partial charge < -0.3 is 24.4 Å². The quantitative estimate of drug-likeness (QED) is 0.725. The molecule has 8 heteroatoms. The van der Waals surface area contributed by atoms with Gasteiger partial charge in [0.05, 0.1) is 7.11 Å². The highest BCUT2D eigenvalue weighted by atomic mass is 16.6. The minimum atomic E-state index is -0.815. The molecule has 2 atom stereocenters. The van der Waals surface area contributed by atoms with Crippen molar-refractivity contribution in [3.8, 4) is 0 Å². The van der Waals surface area contributed by atoms with Gasteiger partial charge in [-0.1, -0.05) is 0 Å². The van der Waals surface area contributed by atoms with E-state index in [9.17, 15) is 14.4 Å². The minimum Gasteiger partial charge on any atom is -0.467 e. The standard InChI is InChI=1S/C16H28N2O6/c1-16(2,3)24-15(21)17-11(8-10-22-4)13(19)18-9-6-7-12(18)14(20)23-5/h11-12H,6-10H2,1-5H3,(H,17,21)/t11-,12?/m0/s1. The summed E-state index contributed by atoms with van der Waals surface area (Å²) in [6, 6.07) is -1.42. The minimum absolute atomic E-state index is 0.291. The van der Waals surface area contributed by atoms with Gasteiger partial charge in [-0.25, -0.2) is 9.59 Å². The summed E-state index contributed by atoms with van der Waals surface area (Å²) in [4.78, 5) is 38.0. The molecule has 24 heavy (non-hydrogen) atoms. The van der Waals surface area contributed by atoms with Gasteiger partial charge >= 0.3 is 12.1 Å². The van der Waals surface area contributed by atoms with Gasteiger partial charge in [0.25, 0.3) is 0 Å². The molecular formula is C16H28N2O6. The Labute approximate surface area is 142 Å². The van der Waals surface area contributed by atoms with Gasteiger partial charge in [-0.05, 0) is 33.6 Å². The topological polar surface area (TPSA) is 94.2 Å². The van der Waals surface area contributed by atoms with Crippen molar-refractivity contribution in [1.82, 2.24) is 10.2 Å². The Bertz CT molecular complexity index is 460. The highest BCUT2D eigenvalue weighted by Gasteiger charge is 2.38. The van der Waals surface area contributed by atoms with E-state index < -0.39 is 29.7 Å². The van der Waals surface area contributed by atoms with E-state index in [1.165, 1.54) is 19.1 Å². The van der Waals surface area contributed by atoms with Crippen molar-refractivity contribution in [2.24, 2.45) is 0 Å². The van der Waals surface area contributed by atoms with Gasteiger partial charge in [0.15, 0.2) is 0 Å². The first-order valence-corrected chi connectivity index (χ1v) is 8.06. The van der Waals surface area contributed by atoms with Crippen molar-refractivity contribution in [1.29, 1.82) is 0 Å². The molecular weight excluding hydrogens is 316 g/mol. The van der Waals surface area contributed by atoms with Crippen LogP contribution in [0.4, 0.5) is 4.79 Å². The lowest BCUT2D eigenvalue weighted by Gasteiger charge is -2.28. The number of esters is 1. The molecule has 0 aromatic heterocycles. The second-order valence-corrected chi connectivity index (χ2v) is 6.69. The first-order chi connectivity index (χ1) is 11.2. The largest absolute Gasteiger partial charge is 0.467 e. The number of rotatable bonds is 6. The van der Waals surface area contributed by atoms with E-state index in [4.69, 9.17) is 14.2 Å². The Morgan fingerprint density at radius 3 is 2.46 bits per heavy atom. The van der Waals surface area contributed by atoms with Gasteiger partial charge in [-0.15, -0.1) is 0 Å². The van der Waals surface area contributed by atoms with E-state index in [-0.39, 0.29) is 5.91 Å². The molecule has 1 heterocycles. The average molecular weight is 344 g/mol. The lowest BCUT2D eigenvalue weighted by atomic mass is 10.1. The van der Waals surface area contributed by atoms with Crippen LogP contribution in [-0.2, 0) is 23.8 Å². The van der Waals surface area contributed by atoms with Gasteiger partial charge in [-0.2, -0.15) is 0 Å². The van der Waals surface area contributed by atoms with Crippen LogP contribution in [0, 0.1) is 0 Å². The number of carbonyl (C=O) groups excluding carboxylic acids is 3. The molecule has 0 aromatic carbocycles. The molecule has 1 N–H and O–H groups in total. The van der Waals surface area contributed by atoms with Crippen LogP contribution >= 0.6 is 0 Å². The zero-order valence-electron chi connectivity index (χ0n) is 15.1. The summed E-state index contributed by atoms with van der Waals surface area (Å²) in [5, 5.41) is 2.58. The van der Waals surface area contributed by atoms with Crippen molar-refractivity contribution < 1.29 is 28.6 Å². The van der Waals surface area contributed by atoms with E-state index in [0.29, 0.717) is 26.0 Å². The molecule has 0 radical (unpaired) electrons. The predicted octanol–water partition coefficient (Wildman–Crippen LogP) is 1.08. The van der Waals surface area contributed by atoms with Crippen LogP contribution in [0.15, 0.2) is 0 Å². The number of methoxy groups -OCH3 is 2. The van der Waals surface area contributed by atoms with Crippen molar-refractivity contribution in [3.63, 3.8) is 0 Å². The van der Waals surface area contributed by atoms with Gasteiger partial charge in [-0.3, -0.25) is 4.79 Å². The van der Waals surface area contributed by atoms with Crippen molar-refractivity contribution in [2.45, 2.75) is 57.7 Å². The number of ether oxygens (including phenoxy) is 3. The third-order valence-corrected chi connectivity index (χ3v) is 3.61. The fourth-order valence-corrected chi connectivity index (χ4v) is 2.55. The molecule has 8 nitrogen and oxygen atoms in total. The van der Waals surface area contributed by atoms with Crippen LogP contribution in [0.25, 0.3) is 0 Å². The summed E-state index contributed by atoms with van der Waals surface area (Å²) in [5.74, 6) is -0.769. The first-order valence-electron chi connectivity index (χ1n) is 8.06. The number of carbonyl (C=O) groups is 3. The Balaban J connectivity index is 2.80. The van der Waals surface area contributed by atoms with Crippen LogP contribution < -0.4 is 5.32 Å². The molecule has 1 fully saturated rings. The van der Waals surface area contributed by atoms with Crippen LogP contribution in [0.3, 0.4) is 0 Å². The summed E-state index contributed by atoms with van der Waals surface area (Å²) in [6.45, 7) is 5.98. The summed E-state index contributed by atoms with van der Waals surface area (Å²) in [5.41, 5.74) is -0.666. The van der Waals surface area contributed by atoms with E-state index in [1.807, 2.05) is 0 Å². The maximum absolute atomic E-state index is 12.8. The summed E-state index contributed by atoms with van der Waals surface area (Å²) in [6.07, 6.45) is 0.890. The van der Waals surface area contributed by atoms with E-state index >= 15 is 0 Å². The SMILES string of the molecule is COCC[C@H](NC(=O)OC(C)(C)C)C(=O)N1CCCC1C(=O)OC. The fraction of sp³-hybridized carbons (Fsp3) is 0.812. The zero-order valence-corrected chi connectivity index (χ0v) is 15.1. The second kappa shape index (κ2) is 8.86. The Hall–Kier alpha value is -1.83. The number of nitrogens with one attached hydrogen (secondary N) is 1. The third kappa shape index (κ3) is 5.99. The normalized spacial score (nSPS) is 18.9. The number of hydrogen-bond donors (Lipinski definition) is 1. The first kappa shape index (κ1) is 20.2. The molecule has 1 aliphatic rings. The number of alkyl carbamates (subject to hydrolysis) is 1. The monoisotopic (exact) mass is 344 g/mol. The van der Waals surface area contributed by atoms with Crippen molar-refractivity contribution in [2.75, 3.05) is 27.4 Å². The molecule has 0 aliphatic carbocycles. The summed E-state index contributed by atoms with van der Waals surface area (Å²) < 4.78 is 15.0. The molecule has 0 spiro atoms. The number of nitrogens with zero attached hydrogens (tertiary/aromatic N) is 1. The van der Waals surface area contributed by atoms with Crippen molar-refractivity contribution in [3.05, 3.63) is 0 Å². The summed E-state index contributed by atoms with van der Waals surface area (Å²) in [7, 11) is 2.81. The van der Waals surface area contributed by atoms with Crippen LogP contribution in [0.5, 0.6) is 0 Å². The molecule has 2 amide bonds. The molecule has 1 rings (SSSR count). The Morgan fingerprint density at radius 1 is 1.25 bits per heavy atom. The molecule has 0 saturated carbocycles. The Kier molecular flexibility index (Phi) is 7.47. The van der Waals surface area contributed by atoms with Crippen LogP contribution in [0.1, 0.15) is 40.0 Å². The lowest BCUT2D eigenvalue weighted by molar-refractivity contribution is -0.151. The smallest absolute Gasteiger partial charge is 0.408 e. The van der Waals surface area contributed by atoms with Gasteiger partial charge in [0.1, 0.15) is 17.7 Å². The predicted molar refractivity (Wildman–Crippen MR) is 86.4 cm³/mol. The molecule has 1 aliphatic heterocycles. The Morgan fingerprint density at radius 2 is 1.92 bits per heavy atom. The molecule has 0 aromatic rings. The fourth-order valence-electron chi connectivity index (χ4n) is 2.55. The number of hydrogen-bond acceptors (Lipinski definition) is 6. The van der Waals surface area contributed by atoms with E-state index in [1.54, 1.807) is 20.8 Å². The van der Waals surface area contributed by atoms with Crippen LogP contribution in [-0.4, -0.2) is 67.9 Å². The molecule has 1 unspecified atom stereocenters.